The summed E-state index contributed by atoms with van der Waals surface area (Å²) in [7, 11) is 0. The number of imidazole rings is 1. The van der Waals surface area contributed by atoms with Gasteiger partial charge in [-0.25, -0.2) is 14.2 Å². The number of carbonyl (C=O) groups excluding carboxylic acids is 2. The largest absolute Gasteiger partial charge is 0.348 e. The minimum atomic E-state index is -0.706. The molecule has 0 atom stereocenters. The second-order valence-corrected chi connectivity index (χ2v) is 8.21. The van der Waals surface area contributed by atoms with Crippen molar-refractivity contribution in [3.05, 3.63) is 53.0 Å². The smallest absolute Gasteiger partial charge is 0.326 e. The van der Waals surface area contributed by atoms with Crippen molar-refractivity contribution in [2.24, 2.45) is 0 Å². The number of anilines is 3. The molecule has 0 unspecified atom stereocenters. The van der Waals surface area contributed by atoms with Crippen LogP contribution >= 0.6 is 0 Å². The van der Waals surface area contributed by atoms with Gasteiger partial charge in [0.05, 0.1) is 34.7 Å². The fourth-order valence-corrected chi connectivity index (χ4v) is 3.06. The molecule has 2 aromatic heterocycles. The predicted molar refractivity (Wildman–Crippen MR) is 114 cm³/mol. The first-order valence-corrected chi connectivity index (χ1v) is 9.54. The molecular formula is C21H21FN6O3. The number of carbonyl (C=O) groups is 2. The number of nitrogens with zero attached hydrogens (tertiary/aromatic N) is 2. The van der Waals surface area contributed by atoms with E-state index in [1.54, 1.807) is 12.1 Å². The third-order valence-electron chi connectivity index (χ3n) is 4.80. The Balaban J connectivity index is 1.54. The lowest BCUT2D eigenvalue weighted by Gasteiger charge is -2.12. The van der Waals surface area contributed by atoms with Crippen LogP contribution in [0, 0.1) is 12.7 Å². The number of nitrogens with one attached hydrogen (secondary N) is 4. The van der Waals surface area contributed by atoms with Crippen molar-refractivity contribution in [2.45, 2.75) is 33.1 Å². The van der Waals surface area contributed by atoms with Crippen molar-refractivity contribution >= 4 is 40.8 Å². The lowest BCUT2D eigenvalue weighted by Crippen LogP contribution is -2.20. The summed E-state index contributed by atoms with van der Waals surface area (Å²) >= 11 is 0. The van der Waals surface area contributed by atoms with Gasteiger partial charge in [-0.2, -0.15) is 0 Å². The summed E-state index contributed by atoms with van der Waals surface area (Å²) in [6.45, 7) is 7.69. The molecule has 1 aliphatic rings. The topological polar surface area (TPSA) is 125 Å². The minimum absolute atomic E-state index is 0.0932. The van der Waals surface area contributed by atoms with Crippen LogP contribution in [0.1, 0.15) is 43.4 Å². The van der Waals surface area contributed by atoms with Crippen LogP contribution in [0.2, 0.25) is 0 Å². The monoisotopic (exact) mass is 424 g/mol. The van der Waals surface area contributed by atoms with E-state index < -0.39 is 11.8 Å². The fourth-order valence-electron chi connectivity index (χ4n) is 3.06. The van der Waals surface area contributed by atoms with Crippen molar-refractivity contribution in [3.63, 3.8) is 0 Å². The predicted octanol–water partition coefficient (Wildman–Crippen LogP) is 4.28. The molecule has 0 spiro atoms. The maximum Gasteiger partial charge on any atom is 0.326 e. The summed E-state index contributed by atoms with van der Waals surface area (Å²) in [6, 6.07) is 3.46. The summed E-state index contributed by atoms with van der Waals surface area (Å²) in [5, 5.41) is 11.5. The maximum absolute atomic E-state index is 14.7. The Bertz CT molecular complexity index is 1220. The molecule has 0 saturated carbocycles. The number of amides is 3. The zero-order valence-electron chi connectivity index (χ0n) is 17.4. The molecule has 31 heavy (non-hydrogen) atoms. The lowest BCUT2D eigenvalue weighted by atomic mass is 9.92. The second kappa shape index (κ2) is 7.38. The molecule has 3 amide bonds. The van der Waals surface area contributed by atoms with Gasteiger partial charge in [-0.1, -0.05) is 25.9 Å². The van der Waals surface area contributed by atoms with E-state index in [-0.39, 0.29) is 28.5 Å². The highest BCUT2D eigenvalue weighted by molar-refractivity contribution is 6.35. The van der Waals surface area contributed by atoms with Gasteiger partial charge in [0.2, 0.25) is 5.88 Å². The van der Waals surface area contributed by atoms with Crippen LogP contribution in [0.3, 0.4) is 0 Å². The molecular weight excluding hydrogens is 403 g/mol. The number of urea groups is 1. The van der Waals surface area contributed by atoms with Gasteiger partial charge in [0.25, 0.3) is 5.91 Å². The number of aromatic amines is 1. The van der Waals surface area contributed by atoms with Crippen LogP contribution in [0.4, 0.5) is 26.4 Å². The fraction of sp³-hybridized carbons (Fsp3) is 0.238. The van der Waals surface area contributed by atoms with Crippen molar-refractivity contribution in [1.29, 1.82) is 0 Å². The quantitative estimate of drug-likeness (QED) is 0.467. The van der Waals surface area contributed by atoms with E-state index in [2.05, 4.69) is 31.1 Å². The Morgan fingerprint density at radius 3 is 2.65 bits per heavy atom. The third-order valence-corrected chi connectivity index (χ3v) is 4.80. The normalized spacial score (nSPS) is 14.5. The molecule has 0 saturated heterocycles. The summed E-state index contributed by atoms with van der Waals surface area (Å²) in [5.41, 5.74) is 2.76. The molecule has 9 nitrogen and oxygen atoms in total. The van der Waals surface area contributed by atoms with Crippen LogP contribution in [0.25, 0.3) is 11.6 Å². The first kappa shape index (κ1) is 20.3. The van der Waals surface area contributed by atoms with Gasteiger partial charge in [-0.15, -0.1) is 0 Å². The van der Waals surface area contributed by atoms with Crippen LogP contribution in [0.5, 0.6) is 0 Å². The van der Waals surface area contributed by atoms with Gasteiger partial charge in [-0.05, 0) is 25.1 Å². The number of hydrogen-bond acceptors (Lipinski definition) is 5. The zero-order chi connectivity index (χ0) is 22.3. The number of aryl methyl sites for hydroxylation is 1. The van der Waals surface area contributed by atoms with E-state index in [1.807, 2.05) is 27.7 Å². The first-order valence-electron chi connectivity index (χ1n) is 9.54. The van der Waals surface area contributed by atoms with Gasteiger partial charge in [0.1, 0.15) is 5.82 Å². The molecule has 4 rings (SSSR count). The van der Waals surface area contributed by atoms with Gasteiger partial charge in [-0.3, -0.25) is 10.1 Å². The SMILES string of the molecule is Cc1[nH]cnc1/C=C1\C(=O)Nc2cc(NC(=O)Nc3cc(C(C)(C)C)no3)c(F)cc21. The number of hydrogen-bond donors (Lipinski definition) is 4. The average Bonchev–Trinajstić information content (AvgIpc) is 3.37. The summed E-state index contributed by atoms with van der Waals surface area (Å²) in [6.07, 6.45) is 3.10. The number of fused-ring (bicyclic) bond motifs is 1. The molecule has 0 radical (unpaired) electrons. The Morgan fingerprint density at radius 2 is 2.00 bits per heavy atom. The maximum atomic E-state index is 14.7. The summed E-state index contributed by atoms with van der Waals surface area (Å²) < 4.78 is 19.8. The number of aromatic nitrogens is 3. The van der Waals surface area contributed by atoms with Crippen LogP contribution in [0.15, 0.2) is 29.0 Å². The van der Waals surface area contributed by atoms with Crippen LogP contribution in [-0.2, 0) is 10.2 Å². The molecule has 10 heteroatoms. The lowest BCUT2D eigenvalue weighted by molar-refractivity contribution is -0.110. The second-order valence-electron chi connectivity index (χ2n) is 8.21. The molecule has 160 valence electrons. The van der Waals surface area contributed by atoms with Crippen LogP contribution < -0.4 is 16.0 Å². The van der Waals surface area contributed by atoms with Gasteiger partial charge in [0, 0.05) is 22.7 Å². The van der Waals surface area contributed by atoms with E-state index >= 15 is 0 Å². The summed E-state index contributed by atoms with van der Waals surface area (Å²) in [4.78, 5) is 31.7. The van der Waals surface area contributed by atoms with E-state index in [9.17, 15) is 14.0 Å². The number of benzene rings is 1. The molecule has 4 N–H and O–H groups in total. The first-order chi connectivity index (χ1) is 14.6. The average molecular weight is 424 g/mol. The van der Waals surface area contributed by atoms with E-state index in [1.165, 1.54) is 18.5 Å². The molecule has 0 aliphatic carbocycles. The van der Waals surface area contributed by atoms with E-state index in [0.29, 0.717) is 22.6 Å². The highest BCUT2D eigenvalue weighted by Crippen LogP contribution is 2.36. The van der Waals surface area contributed by atoms with Crippen molar-refractivity contribution in [1.82, 2.24) is 15.1 Å². The van der Waals surface area contributed by atoms with Gasteiger partial charge >= 0.3 is 6.03 Å². The Morgan fingerprint density at radius 1 is 1.23 bits per heavy atom. The third kappa shape index (κ3) is 4.04. The zero-order valence-corrected chi connectivity index (χ0v) is 17.4. The molecule has 0 bridgehead atoms. The number of rotatable bonds is 3. The number of H-pyrrole nitrogens is 1. The minimum Gasteiger partial charge on any atom is -0.348 e. The highest BCUT2D eigenvalue weighted by Gasteiger charge is 2.27. The number of halogens is 1. The standard InChI is InChI=1S/C21H21FN6O3/c1-10-14(24-9-23-10)6-12-11-5-13(22)16(7-15(11)25-19(12)29)26-20(30)27-18-8-17(28-31-18)21(2,3)4/h5-9H,1-4H3,(H,23,24)(H,25,29)(H2,26,27,30)/b12-6-. The van der Waals surface area contributed by atoms with Crippen molar-refractivity contribution < 1.29 is 18.5 Å². The molecule has 3 heterocycles. The van der Waals surface area contributed by atoms with Crippen molar-refractivity contribution in [3.8, 4) is 0 Å². The molecule has 1 aliphatic heterocycles. The van der Waals surface area contributed by atoms with Crippen molar-refractivity contribution in [2.75, 3.05) is 16.0 Å². The molecule has 1 aromatic carbocycles. The van der Waals surface area contributed by atoms with E-state index in [4.69, 9.17) is 4.52 Å². The Hall–Kier alpha value is -3.95. The molecule has 3 aromatic rings. The Labute approximate surface area is 177 Å². The highest BCUT2D eigenvalue weighted by atomic mass is 19.1. The van der Waals surface area contributed by atoms with E-state index in [0.717, 1.165) is 5.69 Å². The Kier molecular flexibility index (Phi) is 4.84. The van der Waals surface area contributed by atoms with Crippen LogP contribution in [-0.4, -0.2) is 27.1 Å². The van der Waals surface area contributed by atoms with Gasteiger partial charge < -0.3 is 20.1 Å². The van der Waals surface area contributed by atoms with Gasteiger partial charge in [0.15, 0.2) is 0 Å². The molecule has 0 fully saturated rings. The summed E-state index contributed by atoms with van der Waals surface area (Å²) in [5.74, 6) is -0.936.